The zero-order chi connectivity index (χ0) is 8.77. The second kappa shape index (κ2) is 2.67. The first-order valence-electron chi connectivity index (χ1n) is 3.72. The zero-order valence-corrected chi connectivity index (χ0v) is 9.60. The molecule has 0 amide bonds. The van der Waals surface area contributed by atoms with Crippen LogP contribution in [0.1, 0.15) is 5.56 Å². The molecule has 1 aromatic carbocycles. The summed E-state index contributed by atoms with van der Waals surface area (Å²) < 4.78 is 16.2. The van der Waals surface area contributed by atoms with E-state index in [1.807, 2.05) is 12.1 Å². The summed E-state index contributed by atoms with van der Waals surface area (Å²) in [6.45, 7) is 2.06. The molecule has 1 heterocycles. The topological polar surface area (TPSA) is 29.1 Å². The fraction of sp³-hybridized carbons (Fsp3) is 0.250. The van der Waals surface area contributed by atoms with Crippen molar-refractivity contribution in [2.24, 2.45) is 0 Å². The number of fused-ring (bicyclic) bond motifs is 1. The first-order valence-corrected chi connectivity index (χ1v) is 7.59. The van der Waals surface area contributed by atoms with Crippen LogP contribution in [0, 0.1) is 6.92 Å². The number of hydrogen-bond acceptors (Lipinski definition) is 1. The Kier molecular flexibility index (Phi) is 1.88. The Hall–Kier alpha value is -0.151. The number of benzene rings is 1. The van der Waals surface area contributed by atoms with E-state index in [1.54, 1.807) is 6.26 Å². The molecule has 12 heavy (non-hydrogen) atoms. The van der Waals surface area contributed by atoms with E-state index in [0.717, 1.165) is 4.90 Å². The molecule has 0 unspecified atom stereocenters. The molecule has 66 valence electrons. The van der Waals surface area contributed by atoms with E-state index in [-0.39, 0.29) is 15.2 Å². The Morgan fingerprint density at radius 1 is 1.50 bits per heavy atom. The van der Waals surface area contributed by atoms with Gasteiger partial charge in [-0.3, -0.25) is 0 Å². The molecule has 0 aliphatic carbocycles. The second-order valence-corrected chi connectivity index (χ2v) is 8.10. The van der Waals surface area contributed by atoms with Crippen LogP contribution in [-0.4, -0.2) is 25.6 Å². The molecule has 0 saturated heterocycles. The van der Waals surface area contributed by atoms with E-state index in [4.69, 9.17) is 0 Å². The molecule has 2 rings (SSSR count). The van der Waals surface area contributed by atoms with Gasteiger partial charge in [0.2, 0.25) is 0 Å². The van der Waals surface area contributed by atoms with Crippen LogP contribution in [0.4, 0.5) is 0 Å². The first-order chi connectivity index (χ1) is 5.59. The minimum absolute atomic E-state index is 0.214. The minimum atomic E-state index is -2.18. The average molecular weight is 248 g/mol. The van der Waals surface area contributed by atoms with Crippen LogP contribution in [0.15, 0.2) is 23.1 Å². The van der Waals surface area contributed by atoms with Gasteiger partial charge in [0.25, 0.3) is 0 Å². The molecule has 1 N–H and O–H groups in total. The summed E-state index contributed by atoms with van der Waals surface area (Å²) in [4.78, 5) is 1.04. The third-order valence-corrected chi connectivity index (χ3v) is 7.93. The fourth-order valence-electron chi connectivity index (χ4n) is 1.24. The zero-order valence-electron chi connectivity index (χ0n) is 7.00. The molecule has 0 saturated carbocycles. The van der Waals surface area contributed by atoms with Gasteiger partial charge in [-0.25, -0.2) is 0 Å². The maximum atomic E-state index is 11.9. The molecule has 4 heteroatoms. The predicted octanol–water partition coefficient (Wildman–Crippen LogP) is -0.237. The van der Waals surface area contributed by atoms with Gasteiger partial charge in [0, 0.05) is 0 Å². The van der Waals surface area contributed by atoms with Crippen molar-refractivity contribution in [2.45, 2.75) is 11.8 Å². The Bertz CT molecular complexity index is 377. The number of rotatable bonds is 0. The molecule has 1 aliphatic heterocycles. The van der Waals surface area contributed by atoms with E-state index in [0.29, 0.717) is 0 Å². The summed E-state index contributed by atoms with van der Waals surface area (Å²) in [6.07, 6.45) is 1.80. The predicted molar refractivity (Wildman–Crippen MR) is 53.4 cm³/mol. The molecule has 0 aromatic heterocycles. The van der Waals surface area contributed by atoms with Crippen molar-refractivity contribution < 1.29 is 4.21 Å². The molecule has 0 atom stereocenters. The third kappa shape index (κ3) is 1.25. The van der Waals surface area contributed by atoms with Gasteiger partial charge in [-0.1, -0.05) is 0 Å². The van der Waals surface area contributed by atoms with Gasteiger partial charge < -0.3 is 0 Å². The van der Waals surface area contributed by atoms with Crippen LogP contribution in [0.25, 0.3) is 0 Å². The van der Waals surface area contributed by atoms with E-state index in [2.05, 4.69) is 16.7 Å². The van der Waals surface area contributed by atoms with Crippen molar-refractivity contribution in [1.29, 1.82) is 0 Å². The normalized spacial score (nSPS) is 21.8. The number of nitrogens with one attached hydrogen (secondary N) is 1. The van der Waals surface area contributed by atoms with E-state index >= 15 is 0 Å². The van der Waals surface area contributed by atoms with Crippen LogP contribution >= 0.6 is 0 Å². The summed E-state index contributed by atoms with van der Waals surface area (Å²) in [7, 11) is -2.18. The molecular formula is C8H11NOSSe. The van der Waals surface area contributed by atoms with Crippen LogP contribution in [0.5, 0.6) is 0 Å². The maximum absolute atomic E-state index is 11.9. The van der Waals surface area contributed by atoms with Gasteiger partial charge in [0.05, 0.1) is 0 Å². The monoisotopic (exact) mass is 249 g/mol. The van der Waals surface area contributed by atoms with Gasteiger partial charge in [-0.15, -0.1) is 0 Å². The van der Waals surface area contributed by atoms with Crippen molar-refractivity contribution in [2.75, 3.05) is 6.26 Å². The molecule has 1 aromatic rings. The van der Waals surface area contributed by atoms with E-state index in [9.17, 15) is 4.21 Å². The molecule has 0 radical (unpaired) electrons. The number of hydrogen-bond donors (Lipinski definition) is 2. The summed E-state index contributed by atoms with van der Waals surface area (Å²) in [5.74, 6) is 0. The van der Waals surface area contributed by atoms with Crippen LogP contribution in [0.3, 0.4) is 0 Å². The molecular weight excluding hydrogens is 237 g/mol. The summed E-state index contributed by atoms with van der Waals surface area (Å²) in [5.41, 5.74) is 1.25. The Labute approximate surface area is 79.7 Å². The average Bonchev–Trinajstić information content (AvgIpc) is 2.27. The molecule has 1 aliphatic rings. The van der Waals surface area contributed by atoms with Crippen LogP contribution in [0.2, 0.25) is 0 Å². The fourth-order valence-corrected chi connectivity index (χ4v) is 7.00. The standard InChI is InChI=1S/C8H11NOSSe/c1-6-3-4-7-8(5-6)12-9-11(7,2)10/h3-5,11H,1-2H3,(H,9,10). The quantitative estimate of drug-likeness (QED) is 0.482. The van der Waals surface area contributed by atoms with Gasteiger partial charge in [-0.2, -0.15) is 0 Å². The van der Waals surface area contributed by atoms with Crippen molar-refractivity contribution >= 4 is 29.8 Å². The second-order valence-electron chi connectivity index (χ2n) is 3.09. The molecule has 0 bridgehead atoms. The van der Waals surface area contributed by atoms with Gasteiger partial charge in [0.15, 0.2) is 0 Å². The van der Waals surface area contributed by atoms with Crippen molar-refractivity contribution in [3.05, 3.63) is 23.8 Å². The number of aryl methyl sites for hydroxylation is 1. The Morgan fingerprint density at radius 3 is 3.00 bits per heavy atom. The van der Waals surface area contributed by atoms with E-state index in [1.165, 1.54) is 10.0 Å². The van der Waals surface area contributed by atoms with Crippen molar-refractivity contribution in [3.8, 4) is 0 Å². The summed E-state index contributed by atoms with van der Waals surface area (Å²) >= 11 is 0.214. The Morgan fingerprint density at radius 2 is 2.25 bits per heavy atom. The van der Waals surface area contributed by atoms with Crippen molar-refractivity contribution in [3.63, 3.8) is 0 Å². The van der Waals surface area contributed by atoms with Gasteiger partial charge in [0.1, 0.15) is 0 Å². The van der Waals surface area contributed by atoms with Crippen LogP contribution < -0.4 is 8.20 Å². The summed E-state index contributed by atoms with van der Waals surface area (Å²) in [5, 5.41) is 0. The van der Waals surface area contributed by atoms with Gasteiger partial charge in [-0.05, 0) is 0 Å². The van der Waals surface area contributed by atoms with E-state index < -0.39 is 10.1 Å². The number of thiol groups is 1. The summed E-state index contributed by atoms with van der Waals surface area (Å²) in [6, 6.07) is 6.15. The molecule has 2 nitrogen and oxygen atoms in total. The van der Waals surface area contributed by atoms with Crippen molar-refractivity contribution in [1.82, 2.24) is 3.74 Å². The molecule has 0 spiro atoms. The SMILES string of the molecule is Cc1ccc2c(c1)[Se]N[SH]2(C)=O. The first kappa shape index (κ1) is 8.45. The Balaban J connectivity index is 2.63. The van der Waals surface area contributed by atoms with Gasteiger partial charge >= 0.3 is 79.5 Å². The molecule has 0 fully saturated rings. The van der Waals surface area contributed by atoms with Crippen LogP contribution in [-0.2, 0) is 10.1 Å². The third-order valence-electron chi connectivity index (χ3n) is 1.90.